The molecule has 1 aliphatic rings. The van der Waals surface area contributed by atoms with Crippen LogP contribution >= 0.6 is 0 Å². The van der Waals surface area contributed by atoms with Crippen LogP contribution in [0.5, 0.6) is 5.75 Å². The van der Waals surface area contributed by atoms with Crippen LogP contribution in [0.25, 0.3) is 0 Å². The van der Waals surface area contributed by atoms with Crippen molar-refractivity contribution in [3.63, 3.8) is 0 Å². The molecule has 0 bridgehead atoms. The number of aromatic hydroxyl groups is 1. The van der Waals surface area contributed by atoms with Crippen LogP contribution in [-0.2, 0) is 10.8 Å². The van der Waals surface area contributed by atoms with E-state index in [0.29, 0.717) is 18.9 Å². The van der Waals surface area contributed by atoms with Gasteiger partial charge in [-0.3, -0.25) is 0 Å². The zero-order chi connectivity index (χ0) is 12.8. The van der Waals surface area contributed by atoms with Crippen molar-refractivity contribution >= 4 is 31.8 Å². The topological polar surface area (TPSA) is 20.2 Å². The second kappa shape index (κ2) is 4.31. The molecule has 1 nitrogen and oxygen atoms in total. The zero-order valence-corrected chi connectivity index (χ0v) is 14.5. The Balaban J connectivity index is 2.68. The summed E-state index contributed by atoms with van der Waals surface area (Å²) in [6, 6.07) is 4.25. The summed E-state index contributed by atoms with van der Waals surface area (Å²) in [6.45, 7) is 9.21. The van der Waals surface area contributed by atoms with E-state index in [1.54, 1.807) is 0 Å². The Kier molecular flexibility index (Phi) is 3.42. The molecule has 0 fully saturated rings. The molecule has 3 heteroatoms. The minimum atomic E-state index is 0.191. The molecule has 0 radical (unpaired) electrons. The van der Waals surface area contributed by atoms with E-state index in [9.17, 15) is 5.11 Å². The summed E-state index contributed by atoms with van der Waals surface area (Å²) >= 11 is 2.91. The van der Waals surface area contributed by atoms with Crippen LogP contribution in [0.15, 0.2) is 12.1 Å². The second-order valence-electron chi connectivity index (χ2n) is 6.22. The van der Waals surface area contributed by atoms with Gasteiger partial charge in [-0.2, -0.15) is 0 Å². The molecule has 94 valence electrons. The van der Waals surface area contributed by atoms with E-state index in [-0.39, 0.29) is 10.8 Å². The molecular formula is C14H20OSe2. The van der Waals surface area contributed by atoms with E-state index in [1.165, 1.54) is 24.0 Å². The van der Waals surface area contributed by atoms with Gasteiger partial charge in [0.2, 0.25) is 0 Å². The van der Waals surface area contributed by atoms with Gasteiger partial charge < -0.3 is 0 Å². The van der Waals surface area contributed by atoms with Gasteiger partial charge in [-0.1, -0.05) is 0 Å². The standard InChI is InChI=1S/C14H20OSe2/c1-13(2)5-6-14(3,4)10-8-12(17-16)11(15)7-9(10)13/h7-8,15-16H,5-6H2,1-4H3. The molecule has 2 rings (SSSR count). The van der Waals surface area contributed by atoms with E-state index in [0.717, 1.165) is 4.46 Å². The summed E-state index contributed by atoms with van der Waals surface area (Å²) in [5, 5.41) is 10.1. The molecule has 0 saturated carbocycles. The van der Waals surface area contributed by atoms with Crippen molar-refractivity contribution in [3.8, 4) is 5.75 Å². The third-order valence-corrected chi connectivity index (χ3v) is 7.27. The average Bonchev–Trinajstić information content (AvgIpc) is 2.24. The Hall–Kier alpha value is 0.0590. The summed E-state index contributed by atoms with van der Waals surface area (Å²) in [5.74, 6) is 0.482. The zero-order valence-electron chi connectivity index (χ0n) is 10.9. The fourth-order valence-corrected chi connectivity index (χ4v) is 4.93. The first-order valence-electron chi connectivity index (χ1n) is 5.97. The third kappa shape index (κ3) is 2.31. The maximum absolute atomic E-state index is 10.1. The summed E-state index contributed by atoms with van der Waals surface area (Å²) in [7, 11) is 0. The number of fused-ring (bicyclic) bond motifs is 1. The molecular weight excluding hydrogens is 342 g/mol. The van der Waals surface area contributed by atoms with Crippen molar-refractivity contribution < 1.29 is 5.11 Å². The Morgan fingerprint density at radius 2 is 1.53 bits per heavy atom. The fraction of sp³-hybridized carbons (Fsp3) is 0.571. The molecule has 1 aliphatic carbocycles. The molecule has 1 aromatic rings. The van der Waals surface area contributed by atoms with E-state index < -0.39 is 0 Å². The third-order valence-electron chi connectivity index (χ3n) is 4.03. The van der Waals surface area contributed by atoms with Gasteiger partial charge in [-0.25, -0.2) is 0 Å². The Bertz CT molecular complexity index is 450. The van der Waals surface area contributed by atoms with E-state index in [4.69, 9.17) is 0 Å². The average molecular weight is 362 g/mol. The molecule has 1 N–H and O–H groups in total. The Morgan fingerprint density at radius 1 is 1.06 bits per heavy atom. The summed E-state index contributed by atoms with van der Waals surface area (Å²) < 4.78 is 1.11. The van der Waals surface area contributed by atoms with Gasteiger partial charge in [-0.15, -0.1) is 0 Å². The maximum atomic E-state index is 10.1. The molecule has 0 heterocycles. The molecule has 0 aliphatic heterocycles. The molecule has 1 aromatic carbocycles. The van der Waals surface area contributed by atoms with Gasteiger partial charge in [0.1, 0.15) is 0 Å². The van der Waals surface area contributed by atoms with Crippen LogP contribution in [0.3, 0.4) is 0 Å². The van der Waals surface area contributed by atoms with Gasteiger partial charge in [-0.05, 0) is 0 Å². The van der Waals surface area contributed by atoms with Crippen molar-refractivity contribution in [1.29, 1.82) is 0 Å². The molecule has 0 saturated heterocycles. The van der Waals surface area contributed by atoms with Crippen molar-refractivity contribution in [2.24, 2.45) is 0 Å². The van der Waals surface area contributed by atoms with Gasteiger partial charge in [0, 0.05) is 0 Å². The number of rotatable bonds is 1. The quantitative estimate of drug-likeness (QED) is 0.757. The molecule has 0 amide bonds. The summed E-state index contributed by atoms with van der Waals surface area (Å²) in [5.41, 5.74) is 3.21. The van der Waals surface area contributed by atoms with Crippen LogP contribution in [0.1, 0.15) is 51.7 Å². The van der Waals surface area contributed by atoms with Crippen LogP contribution in [0.4, 0.5) is 0 Å². The SMILES string of the molecule is CC1(C)CCC(C)(C)c2cc([Se][SeH])c(O)cc21. The van der Waals surface area contributed by atoms with Gasteiger partial charge in [0.25, 0.3) is 0 Å². The monoisotopic (exact) mass is 364 g/mol. The van der Waals surface area contributed by atoms with Crippen molar-refractivity contribution in [2.75, 3.05) is 0 Å². The Morgan fingerprint density at radius 3 is 2.00 bits per heavy atom. The van der Waals surface area contributed by atoms with Crippen LogP contribution in [-0.4, -0.2) is 32.4 Å². The molecule has 0 aromatic heterocycles. The van der Waals surface area contributed by atoms with Crippen molar-refractivity contribution in [2.45, 2.75) is 51.4 Å². The predicted octanol–water partition coefficient (Wildman–Crippen LogP) is 1.89. The minimum absolute atomic E-state index is 0.191. The summed E-state index contributed by atoms with van der Waals surface area (Å²) in [4.78, 5) is 0. The van der Waals surface area contributed by atoms with Crippen molar-refractivity contribution in [1.82, 2.24) is 0 Å². The summed E-state index contributed by atoms with van der Waals surface area (Å²) in [6.07, 6.45) is 2.42. The van der Waals surface area contributed by atoms with Crippen molar-refractivity contribution in [3.05, 3.63) is 23.3 Å². The fourth-order valence-electron chi connectivity index (χ4n) is 2.66. The molecule has 17 heavy (non-hydrogen) atoms. The van der Waals surface area contributed by atoms with Crippen LogP contribution < -0.4 is 4.46 Å². The van der Waals surface area contributed by atoms with E-state index in [2.05, 4.69) is 47.9 Å². The molecule has 0 unspecified atom stereocenters. The first-order valence-corrected chi connectivity index (χ1v) is 11.6. The normalized spacial score (nSPS) is 21.0. The number of phenols is 1. The van der Waals surface area contributed by atoms with Gasteiger partial charge in [0.05, 0.1) is 0 Å². The van der Waals surface area contributed by atoms with Gasteiger partial charge >= 0.3 is 117 Å². The van der Waals surface area contributed by atoms with E-state index in [1.807, 2.05) is 6.07 Å². The number of hydrogen-bond acceptors (Lipinski definition) is 1. The van der Waals surface area contributed by atoms with Gasteiger partial charge in [0.15, 0.2) is 0 Å². The number of benzene rings is 1. The van der Waals surface area contributed by atoms with E-state index >= 15 is 0 Å². The number of phenolic OH excluding ortho intramolecular Hbond substituents is 1. The van der Waals surface area contributed by atoms with Crippen LogP contribution in [0, 0.1) is 0 Å². The first kappa shape index (κ1) is 13.5. The predicted molar refractivity (Wildman–Crippen MR) is 75.9 cm³/mol. The molecule has 0 spiro atoms. The number of hydrogen-bond donors (Lipinski definition) is 1. The Labute approximate surface area is 117 Å². The first-order chi connectivity index (χ1) is 7.78. The second-order valence-corrected chi connectivity index (χ2v) is 9.52. The van der Waals surface area contributed by atoms with Crippen LogP contribution in [0.2, 0.25) is 0 Å². The molecule has 0 atom stereocenters.